The number of hydrogen-bond donors (Lipinski definition) is 2. The second kappa shape index (κ2) is 3.40. The summed E-state index contributed by atoms with van der Waals surface area (Å²) in [6, 6.07) is 2.49. The smallest absolute Gasteiger partial charge is 0.337 e. The highest BCUT2D eigenvalue weighted by Gasteiger charge is 2.15. The second-order valence-electron chi connectivity index (χ2n) is 2.65. The zero-order valence-corrected chi connectivity index (χ0v) is 6.97. The van der Waals surface area contributed by atoms with E-state index >= 15 is 0 Å². The van der Waals surface area contributed by atoms with Crippen molar-refractivity contribution in [2.45, 2.75) is 6.10 Å². The van der Waals surface area contributed by atoms with E-state index in [9.17, 15) is 9.59 Å². The number of pyridine rings is 1. The average Bonchev–Trinajstić information content (AvgIpc) is 2.08. The van der Waals surface area contributed by atoms with Crippen LogP contribution in [0.15, 0.2) is 23.1 Å². The molecule has 0 fully saturated rings. The van der Waals surface area contributed by atoms with Crippen LogP contribution in [-0.2, 0) is 11.8 Å². The van der Waals surface area contributed by atoms with Crippen LogP contribution >= 0.6 is 0 Å². The zero-order chi connectivity index (χ0) is 10.0. The molecule has 13 heavy (non-hydrogen) atoms. The van der Waals surface area contributed by atoms with Crippen molar-refractivity contribution >= 4 is 5.97 Å². The van der Waals surface area contributed by atoms with Crippen LogP contribution in [0.5, 0.6) is 0 Å². The molecule has 0 aliphatic heterocycles. The maximum Gasteiger partial charge on any atom is 0.337 e. The fraction of sp³-hybridized carbons (Fsp3) is 0.250. The summed E-state index contributed by atoms with van der Waals surface area (Å²) in [6.07, 6.45) is -0.224. The molecule has 70 valence electrons. The first-order chi connectivity index (χ1) is 6.02. The van der Waals surface area contributed by atoms with E-state index in [-0.39, 0.29) is 11.1 Å². The predicted octanol–water partition coefficient (Wildman–Crippen LogP) is -0.497. The Morgan fingerprint density at radius 1 is 1.62 bits per heavy atom. The maximum absolute atomic E-state index is 11.0. The Morgan fingerprint density at radius 3 is 2.69 bits per heavy atom. The summed E-state index contributed by atoms with van der Waals surface area (Å²) in [5.41, 5.74) is -0.256. The number of aromatic nitrogens is 1. The van der Waals surface area contributed by atoms with Crippen molar-refractivity contribution in [3.8, 4) is 0 Å². The Kier molecular flexibility index (Phi) is 2.48. The Balaban J connectivity index is 3.11. The molecule has 0 bridgehead atoms. The molecule has 5 heteroatoms. The lowest BCUT2D eigenvalue weighted by Crippen LogP contribution is -2.18. The van der Waals surface area contributed by atoms with Crippen molar-refractivity contribution in [1.82, 2.24) is 4.57 Å². The molecule has 1 heterocycles. The molecule has 0 saturated heterocycles. The number of rotatable bonds is 2. The van der Waals surface area contributed by atoms with E-state index in [0.29, 0.717) is 0 Å². The van der Waals surface area contributed by atoms with Crippen molar-refractivity contribution in [2.75, 3.05) is 0 Å². The molecule has 0 spiro atoms. The van der Waals surface area contributed by atoms with E-state index in [1.807, 2.05) is 0 Å². The highest BCUT2D eigenvalue weighted by Crippen LogP contribution is 2.09. The van der Waals surface area contributed by atoms with Gasteiger partial charge in [0.1, 0.15) is 0 Å². The molecule has 0 saturated carbocycles. The molecule has 0 aromatic carbocycles. The topological polar surface area (TPSA) is 79.5 Å². The number of carboxylic acids is 1. The zero-order valence-electron chi connectivity index (χ0n) is 6.97. The number of aliphatic hydroxyl groups excluding tert-OH is 1. The fourth-order valence-corrected chi connectivity index (χ4v) is 0.876. The molecule has 2 N–H and O–H groups in total. The summed E-state index contributed by atoms with van der Waals surface area (Å²) in [4.78, 5) is 21.4. The van der Waals surface area contributed by atoms with Gasteiger partial charge in [-0.15, -0.1) is 0 Å². The van der Waals surface area contributed by atoms with Crippen molar-refractivity contribution in [1.29, 1.82) is 0 Å². The Bertz CT molecular complexity index is 382. The van der Waals surface area contributed by atoms with Crippen LogP contribution in [0.25, 0.3) is 0 Å². The summed E-state index contributed by atoms with van der Waals surface area (Å²) in [7, 11) is 1.54. The van der Waals surface area contributed by atoms with Crippen LogP contribution in [0.4, 0.5) is 0 Å². The van der Waals surface area contributed by atoms with E-state index in [0.717, 1.165) is 6.07 Å². The summed E-state index contributed by atoms with van der Waals surface area (Å²) >= 11 is 0. The molecule has 1 aromatic heterocycles. The fourth-order valence-electron chi connectivity index (χ4n) is 0.876. The van der Waals surface area contributed by atoms with Crippen LogP contribution in [0, 0.1) is 0 Å². The van der Waals surface area contributed by atoms with Crippen LogP contribution in [0.3, 0.4) is 0 Å². The van der Waals surface area contributed by atoms with Gasteiger partial charge in [0.25, 0.3) is 5.56 Å². The molecule has 1 aromatic rings. The third-order valence-corrected chi connectivity index (χ3v) is 1.68. The number of aryl methyl sites for hydroxylation is 1. The molecule has 0 radical (unpaired) electrons. The van der Waals surface area contributed by atoms with Crippen molar-refractivity contribution in [2.24, 2.45) is 7.05 Å². The van der Waals surface area contributed by atoms with Gasteiger partial charge >= 0.3 is 5.97 Å². The van der Waals surface area contributed by atoms with E-state index in [1.165, 1.54) is 16.8 Å². The van der Waals surface area contributed by atoms with Crippen molar-refractivity contribution in [3.05, 3.63) is 34.2 Å². The number of aliphatic carboxylic acids is 1. The number of aliphatic hydroxyl groups is 1. The Hall–Kier alpha value is -1.62. The van der Waals surface area contributed by atoms with Gasteiger partial charge in [0.05, 0.1) is 0 Å². The van der Waals surface area contributed by atoms with Gasteiger partial charge < -0.3 is 14.8 Å². The lowest BCUT2D eigenvalue weighted by molar-refractivity contribution is -0.146. The first kappa shape index (κ1) is 9.47. The molecule has 5 nitrogen and oxygen atoms in total. The molecular weight excluding hydrogens is 174 g/mol. The number of nitrogens with zero attached hydrogens (tertiary/aromatic N) is 1. The molecule has 0 aliphatic carbocycles. The number of hydrogen-bond acceptors (Lipinski definition) is 3. The van der Waals surface area contributed by atoms with E-state index in [2.05, 4.69) is 0 Å². The van der Waals surface area contributed by atoms with E-state index in [1.54, 1.807) is 7.05 Å². The van der Waals surface area contributed by atoms with Gasteiger partial charge in [-0.3, -0.25) is 4.79 Å². The van der Waals surface area contributed by atoms with Gasteiger partial charge in [-0.2, -0.15) is 0 Å². The molecule has 0 aliphatic rings. The van der Waals surface area contributed by atoms with Gasteiger partial charge in [0, 0.05) is 19.3 Å². The highest BCUT2D eigenvalue weighted by atomic mass is 16.4. The van der Waals surface area contributed by atoms with Gasteiger partial charge in [0.15, 0.2) is 6.10 Å². The van der Waals surface area contributed by atoms with Gasteiger partial charge in [-0.1, -0.05) is 0 Å². The van der Waals surface area contributed by atoms with Crippen LogP contribution in [0.1, 0.15) is 11.7 Å². The molecule has 0 amide bonds. The SMILES string of the molecule is Cn1ccc(C(O)C(=O)O)cc1=O. The lowest BCUT2D eigenvalue weighted by Gasteiger charge is -2.05. The van der Waals surface area contributed by atoms with Gasteiger partial charge in [-0.05, 0) is 11.6 Å². The van der Waals surface area contributed by atoms with Crippen molar-refractivity contribution in [3.63, 3.8) is 0 Å². The minimum Gasteiger partial charge on any atom is -0.479 e. The standard InChI is InChI=1S/C8H9NO4/c1-9-3-2-5(4-6(9)10)7(11)8(12)13/h2-4,7,11H,1H3,(H,12,13). The quantitative estimate of drug-likeness (QED) is 0.648. The normalized spacial score (nSPS) is 12.5. The lowest BCUT2D eigenvalue weighted by atomic mass is 10.1. The minimum absolute atomic E-state index is 0.0931. The van der Waals surface area contributed by atoms with E-state index < -0.39 is 12.1 Å². The molecular formula is C8H9NO4. The van der Waals surface area contributed by atoms with Crippen molar-refractivity contribution < 1.29 is 15.0 Å². The molecule has 1 unspecified atom stereocenters. The number of carboxylic acid groups (broad SMARTS) is 1. The monoisotopic (exact) mass is 183 g/mol. The van der Waals surface area contributed by atoms with Gasteiger partial charge in [0.2, 0.25) is 0 Å². The molecule has 1 atom stereocenters. The summed E-state index contributed by atoms with van der Waals surface area (Å²) in [6.45, 7) is 0. The van der Waals surface area contributed by atoms with Crippen LogP contribution in [-0.4, -0.2) is 20.7 Å². The molecule has 1 rings (SSSR count). The van der Waals surface area contributed by atoms with Gasteiger partial charge in [-0.25, -0.2) is 4.79 Å². The average molecular weight is 183 g/mol. The minimum atomic E-state index is -1.63. The first-order valence-corrected chi connectivity index (χ1v) is 3.60. The maximum atomic E-state index is 11.0. The summed E-state index contributed by atoms with van der Waals surface area (Å²) in [5, 5.41) is 17.5. The van der Waals surface area contributed by atoms with Crippen LogP contribution in [0.2, 0.25) is 0 Å². The number of carbonyl (C=O) groups is 1. The first-order valence-electron chi connectivity index (χ1n) is 3.60. The summed E-state index contributed by atoms with van der Waals surface area (Å²) < 4.78 is 1.29. The predicted molar refractivity (Wildman–Crippen MR) is 44.3 cm³/mol. The summed E-state index contributed by atoms with van der Waals surface area (Å²) in [5.74, 6) is -1.37. The van der Waals surface area contributed by atoms with E-state index in [4.69, 9.17) is 10.2 Å². The highest BCUT2D eigenvalue weighted by molar-refractivity contribution is 5.73. The second-order valence-corrected chi connectivity index (χ2v) is 2.65. The Morgan fingerprint density at radius 2 is 2.23 bits per heavy atom. The Labute approximate surface area is 73.9 Å². The third kappa shape index (κ3) is 1.94. The van der Waals surface area contributed by atoms with Crippen LogP contribution < -0.4 is 5.56 Å². The largest absolute Gasteiger partial charge is 0.479 e. The third-order valence-electron chi connectivity index (χ3n) is 1.68.